The number of rotatable bonds is 41. The molecule has 0 fully saturated rings. The van der Waals surface area contributed by atoms with Gasteiger partial charge in [0.1, 0.15) is 0 Å². The van der Waals surface area contributed by atoms with Gasteiger partial charge in [-0.2, -0.15) is 0 Å². The molecule has 46 heavy (non-hydrogen) atoms. The molecular weight excluding hydrogens is 556 g/mol. The van der Waals surface area contributed by atoms with E-state index in [1.165, 1.54) is 257 Å². The SMILES string of the molecule is CCCCCCCCCCCCCCCCCCN(CCCCCCCCCCCCCCCCCC)CCCCCCN(C)C. The van der Waals surface area contributed by atoms with Gasteiger partial charge in [0.05, 0.1) is 0 Å². The highest BCUT2D eigenvalue weighted by Crippen LogP contribution is 2.16. The van der Waals surface area contributed by atoms with E-state index in [0.29, 0.717) is 0 Å². The third-order valence-electron chi connectivity index (χ3n) is 10.5. The molecule has 0 aromatic rings. The van der Waals surface area contributed by atoms with Crippen LogP contribution in [-0.2, 0) is 0 Å². The molecule has 0 saturated heterocycles. The largest absolute Gasteiger partial charge is 0.309 e. The zero-order chi connectivity index (χ0) is 33.4. The average Bonchev–Trinajstić information content (AvgIpc) is 3.05. The molecule has 0 spiro atoms. The Morgan fingerprint density at radius 1 is 0.217 bits per heavy atom. The smallest absolute Gasteiger partial charge is 0.00187 e. The molecule has 278 valence electrons. The summed E-state index contributed by atoms with van der Waals surface area (Å²) >= 11 is 0. The van der Waals surface area contributed by atoms with Crippen LogP contribution in [-0.4, -0.2) is 50.1 Å². The van der Waals surface area contributed by atoms with E-state index in [4.69, 9.17) is 0 Å². The van der Waals surface area contributed by atoms with E-state index in [-0.39, 0.29) is 0 Å². The minimum Gasteiger partial charge on any atom is -0.309 e. The van der Waals surface area contributed by atoms with Crippen LogP contribution in [0.1, 0.15) is 245 Å². The molecule has 0 saturated carbocycles. The van der Waals surface area contributed by atoms with Crippen LogP contribution in [0.25, 0.3) is 0 Å². The summed E-state index contributed by atoms with van der Waals surface area (Å²) in [4.78, 5) is 5.18. The van der Waals surface area contributed by atoms with Crippen molar-refractivity contribution in [1.29, 1.82) is 0 Å². The molecule has 0 N–H and O–H groups in total. The monoisotopic (exact) mass is 649 g/mol. The lowest BCUT2D eigenvalue weighted by molar-refractivity contribution is 0.253. The minimum atomic E-state index is 1.25. The van der Waals surface area contributed by atoms with Crippen LogP contribution < -0.4 is 0 Å². The van der Waals surface area contributed by atoms with Gasteiger partial charge in [0.25, 0.3) is 0 Å². The predicted octanol–water partition coefficient (Wildman–Crippen LogP) is 14.9. The van der Waals surface area contributed by atoms with Crippen molar-refractivity contribution in [3.05, 3.63) is 0 Å². The van der Waals surface area contributed by atoms with Gasteiger partial charge in [0, 0.05) is 0 Å². The molecule has 0 aromatic heterocycles. The molecule has 0 aromatic carbocycles. The Bertz CT molecular complexity index is 482. The van der Waals surface area contributed by atoms with Crippen LogP contribution in [0.3, 0.4) is 0 Å². The quantitative estimate of drug-likeness (QED) is 0.0609. The van der Waals surface area contributed by atoms with Crippen molar-refractivity contribution in [3.8, 4) is 0 Å². The molecule has 0 atom stereocenters. The zero-order valence-corrected chi connectivity index (χ0v) is 33.2. The Morgan fingerprint density at radius 3 is 0.587 bits per heavy atom. The first-order valence-electron chi connectivity index (χ1n) is 22.1. The van der Waals surface area contributed by atoms with Gasteiger partial charge in [-0.3, -0.25) is 0 Å². The highest BCUT2D eigenvalue weighted by molar-refractivity contribution is 4.61. The van der Waals surface area contributed by atoms with Crippen molar-refractivity contribution in [2.45, 2.75) is 245 Å². The lowest BCUT2D eigenvalue weighted by atomic mass is 10.0. The molecule has 0 aliphatic carbocycles. The van der Waals surface area contributed by atoms with Crippen molar-refractivity contribution in [2.75, 3.05) is 40.3 Å². The fourth-order valence-corrected chi connectivity index (χ4v) is 7.22. The lowest BCUT2D eigenvalue weighted by Gasteiger charge is -2.22. The van der Waals surface area contributed by atoms with Gasteiger partial charge >= 0.3 is 0 Å². The van der Waals surface area contributed by atoms with Gasteiger partial charge in [-0.15, -0.1) is 0 Å². The minimum absolute atomic E-state index is 1.25. The van der Waals surface area contributed by atoms with Crippen molar-refractivity contribution in [1.82, 2.24) is 9.80 Å². The summed E-state index contributed by atoms with van der Waals surface area (Å²) in [7, 11) is 4.41. The Morgan fingerprint density at radius 2 is 0.391 bits per heavy atom. The number of nitrogens with zero attached hydrogens (tertiary/aromatic N) is 2. The van der Waals surface area contributed by atoms with Gasteiger partial charge < -0.3 is 9.80 Å². The molecule has 2 nitrogen and oxygen atoms in total. The maximum absolute atomic E-state index is 2.85. The molecule has 0 rings (SSSR count). The summed E-state index contributed by atoms with van der Waals surface area (Å²) in [6.45, 7) is 9.94. The first kappa shape index (κ1) is 45.9. The number of unbranched alkanes of at least 4 members (excludes halogenated alkanes) is 33. The normalized spacial score (nSPS) is 11.9. The molecule has 0 amide bonds. The summed E-state index contributed by atoms with van der Waals surface area (Å²) in [5.74, 6) is 0. The second kappa shape index (κ2) is 41.1. The van der Waals surface area contributed by atoms with E-state index < -0.39 is 0 Å². The van der Waals surface area contributed by atoms with E-state index >= 15 is 0 Å². The molecule has 0 unspecified atom stereocenters. The van der Waals surface area contributed by atoms with Gasteiger partial charge in [-0.25, -0.2) is 0 Å². The Balaban J connectivity index is 3.77. The fraction of sp³-hybridized carbons (Fsp3) is 1.00. The van der Waals surface area contributed by atoms with Gasteiger partial charge in [0.15, 0.2) is 0 Å². The van der Waals surface area contributed by atoms with E-state index in [9.17, 15) is 0 Å². The average molecular weight is 649 g/mol. The number of hydrogen-bond acceptors (Lipinski definition) is 2. The standard InChI is InChI=1S/C44H92N2/c1-5-7-9-11-13-15-17-19-21-23-25-27-29-31-33-38-42-46(44-40-36-35-37-41-45(3)4)43-39-34-32-30-28-26-24-22-20-18-16-14-12-10-8-6-2/h5-44H2,1-4H3. The van der Waals surface area contributed by atoms with Gasteiger partial charge in [0.2, 0.25) is 0 Å². The lowest BCUT2D eigenvalue weighted by Crippen LogP contribution is -2.27. The summed E-state index contributed by atoms with van der Waals surface area (Å²) in [6.07, 6.45) is 52.5. The zero-order valence-electron chi connectivity index (χ0n) is 33.2. The van der Waals surface area contributed by atoms with Crippen molar-refractivity contribution in [3.63, 3.8) is 0 Å². The Labute approximate surface area is 294 Å². The van der Waals surface area contributed by atoms with E-state index in [0.717, 1.165) is 0 Å². The van der Waals surface area contributed by atoms with E-state index in [2.05, 4.69) is 37.7 Å². The Kier molecular flexibility index (Phi) is 41.0. The van der Waals surface area contributed by atoms with Crippen molar-refractivity contribution >= 4 is 0 Å². The molecular formula is C44H92N2. The van der Waals surface area contributed by atoms with Gasteiger partial charge in [-0.05, 0) is 66.0 Å². The second-order valence-corrected chi connectivity index (χ2v) is 15.7. The van der Waals surface area contributed by atoms with Crippen LogP contribution in [0, 0.1) is 0 Å². The molecule has 0 bridgehead atoms. The van der Waals surface area contributed by atoms with Crippen LogP contribution >= 0.6 is 0 Å². The van der Waals surface area contributed by atoms with Crippen LogP contribution in [0.15, 0.2) is 0 Å². The molecule has 2 heteroatoms. The second-order valence-electron chi connectivity index (χ2n) is 15.7. The van der Waals surface area contributed by atoms with Crippen LogP contribution in [0.5, 0.6) is 0 Å². The summed E-state index contributed by atoms with van der Waals surface area (Å²) in [5.41, 5.74) is 0. The highest BCUT2D eigenvalue weighted by Gasteiger charge is 2.05. The third-order valence-corrected chi connectivity index (χ3v) is 10.5. The molecule has 0 heterocycles. The predicted molar refractivity (Wildman–Crippen MR) is 213 cm³/mol. The number of hydrogen-bond donors (Lipinski definition) is 0. The van der Waals surface area contributed by atoms with Crippen LogP contribution in [0.2, 0.25) is 0 Å². The Hall–Kier alpha value is -0.0800. The van der Waals surface area contributed by atoms with E-state index in [1.807, 2.05) is 0 Å². The first-order chi connectivity index (χ1) is 22.7. The molecule has 0 aliphatic rings. The van der Waals surface area contributed by atoms with Crippen molar-refractivity contribution < 1.29 is 0 Å². The molecule has 0 aliphatic heterocycles. The van der Waals surface area contributed by atoms with Gasteiger partial charge in [-0.1, -0.05) is 219 Å². The maximum atomic E-state index is 2.85. The van der Waals surface area contributed by atoms with Crippen LogP contribution in [0.4, 0.5) is 0 Å². The topological polar surface area (TPSA) is 6.48 Å². The summed E-state index contributed by atoms with van der Waals surface area (Å²) in [6, 6.07) is 0. The summed E-state index contributed by atoms with van der Waals surface area (Å²) < 4.78 is 0. The molecule has 0 radical (unpaired) electrons. The first-order valence-corrected chi connectivity index (χ1v) is 22.1. The van der Waals surface area contributed by atoms with E-state index in [1.54, 1.807) is 0 Å². The van der Waals surface area contributed by atoms with Crippen molar-refractivity contribution in [2.24, 2.45) is 0 Å². The summed E-state index contributed by atoms with van der Waals surface area (Å²) in [5, 5.41) is 0. The highest BCUT2D eigenvalue weighted by atomic mass is 15.1. The fourth-order valence-electron chi connectivity index (χ4n) is 7.22. The maximum Gasteiger partial charge on any atom is -0.00187 e. The third kappa shape index (κ3) is 40.1.